The third-order valence-corrected chi connectivity index (χ3v) is 8.67. The van der Waals surface area contributed by atoms with Gasteiger partial charge in [0.15, 0.2) is 0 Å². The lowest BCUT2D eigenvalue weighted by Crippen LogP contribution is -2.35. The van der Waals surface area contributed by atoms with E-state index in [1.807, 2.05) is 6.92 Å². The lowest BCUT2D eigenvalue weighted by Gasteiger charge is -2.25. The Hall–Kier alpha value is -2.37. The Kier molecular flexibility index (Phi) is 7.40. The summed E-state index contributed by atoms with van der Waals surface area (Å²) in [5, 5.41) is 10.2. The minimum Gasteiger partial charge on any atom is -0.355 e. The summed E-state index contributed by atoms with van der Waals surface area (Å²) in [5.74, 6) is 1.45. The summed E-state index contributed by atoms with van der Waals surface area (Å²) in [5.41, 5.74) is 2.15. The second-order valence-corrected chi connectivity index (χ2v) is 11.1. The molecule has 2 aliphatic heterocycles. The first-order valence-corrected chi connectivity index (χ1v) is 13.8. The summed E-state index contributed by atoms with van der Waals surface area (Å²) in [6.07, 6.45) is 3.62. The highest BCUT2D eigenvalue weighted by atomic mass is 32.2. The van der Waals surface area contributed by atoms with E-state index in [1.165, 1.54) is 28.6 Å². The molecule has 4 rings (SSSR count). The van der Waals surface area contributed by atoms with E-state index in [0.717, 1.165) is 42.7 Å². The van der Waals surface area contributed by atoms with Gasteiger partial charge in [0, 0.05) is 42.3 Å². The highest BCUT2D eigenvalue weighted by molar-refractivity contribution is 7.98. The third-order valence-electron chi connectivity index (χ3n) is 5.79. The second-order valence-electron chi connectivity index (χ2n) is 8.22. The van der Waals surface area contributed by atoms with Crippen LogP contribution in [0.1, 0.15) is 54.2 Å². The molecule has 178 valence electrons. The van der Waals surface area contributed by atoms with Crippen molar-refractivity contribution in [1.82, 2.24) is 19.4 Å². The van der Waals surface area contributed by atoms with Crippen LogP contribution in [0, 0.1) is 0 Å². The van der Waals surface area contributed by atoms with Crippen molar-refractivity contribution in [2.24, 2.45) is 0 Å². The van der Waals surface area contributed by atoms with Crippen molar-refractivity contribution in [3.8, 4) is 0 Å². The van der Waals surface area contributed by atoms with Gasteiger partial charge in [0.1, 0.15) is 12.4 Å². The second kappa shape index (κ2) is 10.3. The van der Waals surface area contributed by atoms with Crippen LogP contribution in [0.25, 0.3) is 0 Å². The lowest BCUT2D eigenvalue weighted by molar-refractivity contribution is -0.121. The maximum absolute atomic E-state index is 13.0. The first-order chi connectivity index (χ1) is 15.9. The summed E-state index contributed by atoms with van der Waals surface area (Å²) in [7, 11) is -3.55. The van der Waals surface area contributed by atoms with Gasteiger partial charge >= 0.3 is 0 Å². The van der Waals surface area contributed by atoms with Gasteiger partial charge in [-0.2, -0.15) is 21.2 Å². The number of nitrogens with zero attached hydrogens (tertiary/aromatic N) is 3. The molecular weight excluding hydrogens is 462 g/mol. The van der Waals surface area contributed by atoms with Gasteiger partial charge in [-0.15, -0.1) is 0 Å². The first-order valence-electron chi connectivity index (χ1n) is 11.2. The molecule has 0 aliphatic carbocycles. The molecule has 1 aromatic carbocycles. The van der Waals surface area contributed by atoms with Crippen molar-refractivity contribution in [2.45, 2.75) is 55.6 Å². The molecule has 2 aliphatic rings. The van der Waals surface area contributed by atoms with E-state index in [4.69, 9.17) is 0 Å². The molecule has 1 fully saturated rings. The molecule has 2 amide bonds. The van der Waals surface area contributed by atoms with Crippen LogP contribution in [-0.2, 0) is 32.9 Å². The molecular formula is C22H29N5O4S2. The molecule has 0 bridgehead atoms. The quantitative estimate of drug-likeness (QED) is 0.587. The van der Waals surface area contributed by atoms with Crippen molar-refractivity contribution < 1.29 is 18.0 Å². The highest BCUT2D eigenvalue weighted by Crippen LogP contribution is 2.35. The zero-order chi connectivity index (χ0) is 23.4. The van der Waals surface area contributed by atoms with E-state index in [2.05, 4.69) is 15.7 Å². The Morgan fingerprint density at radius 3 is 2.52 bits per heavy atom. The molecule has 11 heteroatoms. The van der Waals surface area contributed by atoms with Gasteiger partial charge in [-0.3, -0.25) is 9.59 Å². The molecule has 33 heavy (non-hydrogen) atoms. The Labute approximate surface area is 198 Å². The fraction of sp³-hybridized carbons (Fsp3) is 0.500. The monoisotopic (exact) mass is 491 g/mol. The smallest absolute Gasteiger partial charge is 0.256 e. The third kappa shape index (κ3) is 5.25. The highest BCUT2D eigenvalue weighted by Gasteiger charge is 2.27. The van der Waals surface area contributed by atoms with Gasteiger partial charge in [-0.1, -0.05) is 13.3 Å². The van der Waals surface area contributed by atoms with Crippen LogP contribution in [-0.4, -0.2) is 54.0 Å². The number of sulfonamides is 1. The van der Waals surface area contributed by atoms with Crippen LogP contribution in [0.4, 0.5) is 5.82 Å². The van der Waals surface area contributed by atoms with Crippen LogP contribution in [0.5, 0.6) is 0 Å². The molecule has 1 aromatic heterocycles. The summed E-state index contributed by atoms with van der Waals surface area (Å²) in [6.45, 7) is 3.66. The van der Waals surface area contributed by atoms with Gasteiger partial charge in [0.25, 0.3) is 5.91 Å². The molecule has 9 nitrogen and oxygen atoms in total. The number of piperidine rings is 1. The molecule has 0 radical (unpaired) electrons. The van der Waals surface area contributed by atoms with Gasteiger partial charge < -0.3 is 10.6 Å². The molecule has 2 N–H and O–H groups in total. The number of hydrogen-bond acceptors (Lipinski definition) is 6. The predicted molar refractivity (Wildman–Crippen MR) is 128 cm³/mol. The number of hydrogen-bond donors (Lipinski definition) is 2. The number of carbonyl (C=O) groups excluding carboxylic acids is 2. The Morgan fingerprint density at radius 2 is 1.82 bits per heavy atom. The van der Waals surface area contributed by atoms with Crippen LogP contribution >= 0.6 is 11.8 Å². The van der Waals surface area contributed by atoms with E-state index in [1.54, 1.807) is 16.4 Å². The molecule has 0 atom stereocenters. The van der Waals surface area contributed by atoms with Crippen LogP contribution in [0.2, 0.25) is 0 Å². The van der Waals surface area contributed by atoms with Gasteiger partial charge in [0.05, 0.1) is 10.6 Å². The van der Waals surface area contributed by atoms with Crippen molar-refractivity contribution >= 4 is 39.4 Å². The standard InChI is InChI=1S/C22H29N5O4S2/c1-2-10-23-20(28)13-27-21(18-14-32-15-19(18)25-27)24-22(29)16-6-8-17(9-7-16)33(30,31)26-11-4-3-5-12-26/h6-9H,2-5,10-15H2,1H3,(H,23,28)(H,24,29). The average Bonchev–Trinajstić information content (AvgIpc) is 3.40. The maximum Gasteiger partial charge on any atom is 0.256 e. The molecule has 0 spiro atoms. The molecule has 3 heterocycles. The van der Waals surface area contributed by atoms with E-state index in [0.29, 0.717) is 36.8 Å². The minimum absolute atomic E-state index is 0.0281. The number of amides is 2. The molecule has 2 aromatic rings. The zero-order valence-corrected chi connectivity index (χ0v) is 20.3. The SMILES string of the molecule is CCCNC(=O)Cn1nc2c(c1NC(=O)c1ccc(S(=O)(=O)N3CCCCC3)cc1)CSC2. The van der Waals surface area contributed by atoms with E-state index in [9.17, 15) is 18.0 Å². The summed E-state index contributed by atoms with van der Waals surface area (Å²) in [4.78, 5) is 25.4. The topological polar surface area (TPSA) is 113 Å². The Bertz CT molecular complexity index is 1120. The summed E-state index contributed by atoms with van der Waals surface area (Å²) < 4.78 is 28.7. The van der Waals surface area contributed by atoms with Crippen molar-refractivity contribution in [1.29, 1.82) is 0 Å². The van der Waals surface area contributed by atoms with E-state index < -0.39 is 10.0 Å². The minimum atomic E-state index is -3.55. The van der Waals surface area contributed by atoms with Crippen molar-refractivity contribution in [3.05, 3.63) is 41.1 Å². The molecule has 0 unspecified atom stereocenters. The van der Waals surface area contributed by atoms with Crippen molar-refractivity contribution in [3.63, 3.8) is 0 Å². The fourth-order valence-electron chi connectivity index (χ4n) is 3.99. The molecule has 1 saturated heterocycles. The number of rotatable bonds is 8. The van der Waals surface area contributed by atoms with Gasteiger partial charge in [-0.25, -0.2) is 13.1 Å². The Balaban J connectivity index is 1.50. The van der Waals surface area contributed by atoms with Crippen LogP contribution in [0.3, 0.4) is 0 Å². The fourth-order valence-corrected chi connectivity index (χ4v) is 6.54. The summed E-state index contributed by atoms with van der Waals surface area (Å²) in [6, 6.07) is 6.01. The van der Waals surface area contributed by atoms with Gasteiger partial charge in [-0.05, 0) is 43.5 Å². The first kappa shape index (κ1) is 23.8. The number of benzene rings is 1. The Morgan fingerprint density at radius 1 is 1.09 bits per heavy atom. The van der Waals surface area contributed by atoms with Crippen LogP contribution in [0.15, 0.2) is 29.2 Å². The number of fused-ring (bicyclic) bond motifs is 1. The van der Waals surface area contributed by atoms with Gasteiger partial charge in [0.2, 0.25) is 15.9 Å². The number of aromatic nitrogens is 2. The predicted octanol–water partition coefficient (Wildman–Crippen LogP) is 2.58. The normalized spacial score (nSPS) is 16.4. The summed E-state index contributed by atoms with van der Waals surface area (Å²) >= 11 is 1.71. The van der Waals surface area contributed by atoms with Crippen molar-refractivity contribution in [2.75, 3.05) is 25.0 Å². The molecule has 0 saturated carbocycles. The largest absolute Gasteiger partial charge is 0.355 e. The zero-order valence-electron chi connectivity index (χ0n) is 18.7. The number of thioether (sulfide) groups is 1. The van der Waals surface area contributed by atoms with E-state index in [-0.39, 0.29) is 23.3 Å². The number of nitrogens with one attached hydrogen (secondary N) is 2. The van der Waals surface area contributed by atoms with Crippen LogP contribution < -0.4 is 10.6 Å². The maximum atomic E-state index is 13.0. The number of anilines is 1. The van der Waals surface area contributed by atoms with E-state index >= 15 is 0 Å². The number of carbonyl (C=O) groups is 2. The lowest BCUT2D eigenvalue weighted by atomic mass is 10.2. The average molecular weight is 492 g/mol.